The van der Waals surface area contributed by atoms with Crippen LogP contribution in [0.2, 0.25) is 0 Å². The molecule has 1 aliphatic rings. The van der Waals surface area contributed by atoms with Crippen LogP contribution >= 0.6 is 11.3 Å². The Morgan fingerprint density at radius 3 is 2.79 bits per heavy atom. The van der Waals surface area contributed by atoms with Crippen molar-refractivity contribution in [2.75, 3.05) is 31.1 Å². The molecule has 0 amide bonds. The summed E-state index contributed by atoms with van der Waals surface area (Å²) >= 11 is 1.31. The van der Waals surface area contributed by atoms with Crippen molar-refractivity contribution in [3.05, 3.63) is 46.2 Å². The summed E-state index contributed by atoms with van der Waals surface area (Å²) in [5.41, 5.74) is 0.512. The van der Waals surface area contributed by atoms with Crippen molar-refractivity contribution in [2.45, 2.75) is 4.90 Å². The van der Waals surface area contributed by atoms with Crippen LogP contribution in [0.3, 0.4) is 0 Å². The van der Waals surface area contributed by atoms with Crippen molar-refractivity contribution in [2.24, 2.45) is 0 Å². The number of aromatic nitrogens is 4. The molecule has 0 unspecified atom stereocenters. The van der Waals surface area contributed by atoms with Gasteiger partial charge in [0.15, 0.2) is 0 Å². The maximum absolute atomic E-state index is 13.1. The number of nitro groups is 1. The Bertz CT molecular complexity index is 1330. The van der Waals surface area contributed by atoms with E-state index in [-0.39, 0.29) is 29.6 Å². The third-order valence-electron chi connectivity index (χ3n) is 4.96. The first kappa shape index (κ1) is 18.0. The van der Waals surface area contributed by atoms with Gasteiger partial charge >= 0.3 is 5.82 Å². The van der Waals surface area contributed by atoms with Crippen LogP contribution in [-0.2, 0) is 10.0 Å². The first-order chi connectivity index (χ1) is 14.0. The van der Waals surface area contributed by atoms with Crippen LogP contribution in [0.1, 0.15) is 0 Å². The maximum Gasteiger partial charge on any atom is 0.373 e. The van der Waals surface area contributed by atoms with Crippen LogP contribution in [-0.4, -0.2) is 63.2 Å². The number of H-pyrrole nitrogens is 1. The largest absolute Gasteiger partial charge is 0.373 e. The molecule has 0 bridgehead atoms. The number of imidazole rings is 1. The van der Waals surface area contributed by atoms with E-state index < -0.39 is 14.9 Å². The van der Waals surface area contributed by atoms with E-state index in [1.54, 1.807) is 34.8 Å². The molecular formula is C16H15N7O4S2. The lowest BCUT2D eigenvalue weighted by Gasteiger charge is -2.33. The van der Waals surface area contributed by atoms with E-state index in [0.29, 0.717) is 29.1 Å². The summed E-state index contributed by atoms with van der Waals surface area (Å²) in [6.07, 6.45) is 4.66. The zero-order chi connectivity index (χ0) is 20.2. The second-order valence-corrected chi connectivity index (χ2v) is 9.29. The summed E-state index contributed by atoms with van der Waals surface area (Å²) < 4.78 is 29.1. The van der Waals surface area contributed by atoms with E-state index in [1.165, 1.54) is 26.2 Å². The van der Waals surface area contributed by atoms with Gasteiger partial charge in [-0.3, -0.25) is 0 Å². The highest BCUT2D eigenvalue weighted by atomic mass is 32.2. The van der Waals surface area contributed by atoms with Crippen molar-refractivity contribution in [1.29, 1.82) is 0 Å². The quantitative estimate of drug-likeness (QED) is 0.383. The van der Waals surface area contributed by atoms with Gasteiger partial charge < -0.3 is 20.0 Å². The molecule has 0 atom stereocenters. The second-order valence-electron chi connectivity index (χ2n) is 6.52. The molecule has 29 heavy (non-hydrogen) atoms. The van der Waals surface area contributed by atoms with E-state index in [0.717, 1.165) is 0 Å². The molecule has 0 aliphatic carbocycles. The van der Waals surface area contributed by atoms with Gasteiger partial charge in [0.05, 0.1) is 0 Å². The Balaban J connectivity index is 1.41. The lowest BCUT2D eigenvalue weighted by Crippen LogP contribution is -2.48. The summed E-state index contributed by atoms with van der Waals surface area (Å²) in [4.78, 5) is 25.0. The second kappa shape index (κ2) is 6.50. The fraction of sp³-hybridized carbons (Fsp3) is 0.250. The minimum absolute atomic E-state index is 0.0970. The molecule has 1 saturated heterocycles. The highest BCUT2D eigenvalue weighted by Gasteiger charge is 2.34. The van der Waals surface area contributed by atoms with Gasteiger partial charge in [0.1, 0.15) is 16.7 Å². The van der Waals surface area contributed by atoms with Crippen LogP contribution in [0.25, 0.3) is 16.0 Å². The molecule has 150 valence electrons. The zero-order valence-corrected chi connectivity index (χ0v) is 16.6. The highest BCUT2D eigenvalue weighted by molar-refractivity contribution is 7.89. The molecule has 13 heteroatoms. The Kier molecular flexibility index (Phi) is 4.04. The van der Waals surface area contributed by atoms with Gasteiger partial charge in [-0.25, -0.2) is 13.4 Å². The monoisotopic (exact) mass is 433 g/mol. The van der Waals surface area contributed by atoms with Crippen molar-refractivity contribution in [1.82, 2.24) is 23.7 Å². The van der Waals surface area contributed by atoms with Crippen molar-refractivity contribution >= 4 is 49.0 Å². The minimum Gasteiger partial charge on any atom is -0.358 e. The summed E-state index contributed by atoms with van der Waals surface area (Å²) in [6, 6.07) is 3.40. The van der Waals surface area contributed by atoms with E-state index in [1.807, 2.05) is 0 Å². The number of nitrogens with one attached hydrogen (secondary N) is 1. The van der Waals surface area contributed by atoms with Gasteiger partial charge in [-0.1, -0.05) is 11.3 Å². The molecular weight excluding hydrogens is 418 g/mol. The standard InChI is InChI=1S/C16H15N7O4S2/c24-23(25)15-14(19-16-22(15)8-9-28-16)20-4-6-21(7-5-20)29(26,27)12-10-18-13-11(12)2-1-3-17-13/h1-3,8-10H,4-7H2,(H,17,18). The fourth-order valence-corrected chi connectivity index (χ4v) is 5.84. The molecule has 1 fully saturated rings. The van der Waals surface area contributed by atoms with Gasteiger partial charge in [-0.2, -0.15) is 13.7 Å². The molecule has 0 aromatic carbocycles. The number of nitrogens with zero attached hydrogens (tertiary/aromatic N) is 6. The lowest BCUT2D eigenvalue weighted by atomic mass is 10.3. The molecule has 0 spiro atoms. The summed E-state index contributed by atoms with van der Waals surface area (Å²) in [5, 5.41) is 13.8. The third kappa shape index (κ3) is 2.77. The molecule has 0 radical (unpaired) electrons. The zero-order valence-electron chi connectivity index (χ0n) is 14.9. The third-order valence-corrected chi connectivity index (χ3v) is 7.66. The number of anilines is 1. The number of pyridine rings is 1. The van der Waals surface area contributed by atoms with E-state index in [4.69, 9.17) is 0 Å². The summed E-state index contributed by atoms with van der Waals surface area (Å²) in [6.45, 7) is 1.03. The molecule has 1 N–H and O–H groups in total. The lowest BCUT2D eigenvalue weighted by molar-refractivity contribution is -0.389. The normalized spacial score (nSPS) is 16.1. The Morgan fingerprint density at radius 1 is 1.24 bits per heavy atom. The summed E-state index contributed by atoms with van der Waals surface area (Å²) in [7, 11) is -3.71. The first-order valence-corrected chi connectivity index (χ1v) is 11.1. The van der Waals surface area contributed by atoms with Crippen molar-refractivity contribution < 1.29 is 13.3 Å². The number of piperazine rings is 1. The first-order valence-electron chi connectivity index (χ1n) is 8.74. The fourth-order valence-electron chi connectivity index (χ4n) is 3.57. The number of sulfonamides is 1. The Hall–Kier alpha value is -3.03. The SMILES string of the molecule is O=[N+]([O-])c1c(N2CCN(S(=O)(=O)c3c[nH]c4ncccc34)CC2)nc2sccn12. The molecule has 5 rings (SSSR count). The van der Waals surface area contributed by atoms with Crippen molar-refractivity contribution in [3.8, 4) is 0 Å². The Labute approximate surface area is 168 Å². The number of fused-ring (bicyclic) bond motifs is 2. The average molecular weight is 433 g/mol. The van der Waals surface area contributed by atoms with Crippen LogP contribution in [0.15, 0.2) is 41.0 Å². The number of aromatic amines is 1. The smallest absolute Gasteiger partial charge is 0.358 e. The van der Waals surface area contributed by atoms with E-state index >= 15 is 0 Å². The molecule has 0 saturated carbocycles. The minimum atomic E-state index is -3.71. The summed E-state index contributed by atoms with van der Waals surface area (Å²) in [5.74, 6) is 0.176. The number of hydrogen-bond donors (Lipinski definition) is 1. The van der Waals surface area contributed by atoms with Crippen LogP contribution < -0.4 is 4.90 Å². The van der Waals surface area contributed by atoms with Crippen molar-refractivity contribution in [3.63, 3.8) is 0 Å². The molecule has 1 aliphatic heterocycles. The van der Waals surface area contributed by atoms with Crippen LogP contribution in [0.5, 0.6) is 0 Å². The van der Waals surface area contributed by atoms with Gasteiger partial charge in [0.2, 0.25) is 15.8 Å². The predicted molar refractivity (Wildman–Crippen MR) is 107 cm³/mol. The highest BCUT2D eigenvalue weighted by Crippen LogP contribution is 2.32. The van der Waals surface area contributed by atoms with Gasteiger partial charge in [0, 0.05) is 49.3 Å². The molecule has 5 heterocycles. The molecule has 11 nitrogen and oxygen atoms in total. The number of rotatable bonds is 4. The van der Waals surface area contributed by atoms with Gasteiger partial charge in [-0.05, 0) is 17.1 Å². The van der Waals surface area contributed by atoms with Gasteiger partial charge in [-0.15, -0.1) is 0 Å². The van der Waals surface area contributed by atoms with Crippen LogP contribution in [0, 0.1) is 10.1 Å². The predicted octanol–water partition coefficient (Wildman–Crippen LogP) is 1.69. The average Bonchev–Trinajstić information content (AvgIpc) is 3.41. The van der Waals surface area contributed by atoms with E-state index in [2.05, 4.69) is 15.0 Å². The maximum atomic E-state index is 13.1. The molecule has 4 aromatic heterocycles. The van der Waals surface area contributed by atoms with Crippen LogP contribution in [0.4, 0.5) is 11.6 Å². The number of hydrogen-bond acceptors (Lipinski definition) is 8. The van der Waals surface area contributed by atoms with E-state index in [9.17, 15) is 18.5 Å². The Morgan fingerprint density at radius 2 is 2.03 bits per heavy atom. The topological polar surface area (TPSA) is 130 Å². The molecule has 4 aromatic rings. The van der Waals surface area contributed by atoms with Gasteiger partial charge in [0.25, 0.3) is 4.96 Å². The number of thiazole rings is 1.